The first-order valence-electron chi connectivity index (χ1n) is 7.72. The molecule has 0 aromatic heterocycles. The molecule has 4 heteroatoms. The Labute approximate surface area is 127 Å². The number of aryl methyl sites for hydroxylation is 2. The highest BCUT2D eigenvalue weighted by Gasteiger charge is 2.25. The van der Waals surface area contributed by atoms with Gasteiger partial charge in [0.05, 0.1) is 19.2 Å². The van der Waals surface area contributed by atoms with E-state index < -0.39 is 0 Å². The first-order chi connectivity index (χ1) is 10.0. The van der Waals surface area contributed by atoms with Gasteiger partial charge in [-0.3, -0.25) is 9.69 Å². The molecular weight excluding hydrogens is 264 g/mol. The normalized spacial score (nSPS) is 20.5. The molecule has 1 aliphatic heterocycles. The summed E-state index contributed by atoms with van der Waals surface area (Å²) in [6, 6.07) is 6.45. The third-order valence-electron chi connectivity index (χ3n) is 4.46. The second-order valence-electron chi connectivity index (χ2n) is 6.08. The van der Waals surface area contributed by atoms with Gasteiger partial charge in [0.15, 0.2) is 0 Å². The number of carbonyl (C=O) groups excluding carboxylic acids is 1. The number of hydrogen-bond donors (Lipinski definition) is 2. The van der Waals surface area contributed by atoms with E-state index in [2.05, 4.69) is 42.3 Å². The number of nitrogens with zero attached hydrogens (tertiary/aromatic N) is 1. The Morgan fingerprint density at radius 1 is 1.43 bits per heavy atom. The van der Waals surface area contributed by atoms with Crippen LogP contribution in [0, 0.1) is 13.8 Å². The molecule has 21 heavy (non-hydrogen) atoms. The van der Waals surface area contributed by atoms with Crippen LogP contribution in [0.2, 0.25) is 0 Å². The van der Waals surface area contributed by atoms with Gasteiger partial charge in [0.1, 0.15) is 0 Å². The third-order valence-corrected chi connectivity index (χ3v) is 4.46. The summed E-state index contributed by atoms with van der Waals surface area (Å²) in [5.41, 5.74) is 3.64. The van der Waals surface area contributed by atoms with Gasteiger partial charge in [0, 0.05) is 6.04 Å². The van der Waals surface area contributed by atoms with Crippen LogP contribution in [-0.2, 0) is 4.79 Å². The average molecular weight is 290 g/mol. The van der Waals surface area contributed by atoms with Crippen molar-refractivity contribution < 1.29 is 9.90 Å². The predicted molar refractivity (Wildman–Crippen MR) is 84.2 cm³/mol. The lowest BCUT2D eigenvalue weighted by Crippen LogP contribution is -2.41. The average Bonchev–Trinajstić information content (AvgIpc) is 2.88. The van der Waals surface area contributed by atoms with E-state index >= 15 is 0 Å². The summed E-state index contributed by atoms with van der Waals surface area (Å²) < 4.78 is 0. The van der Waals surface area contributed by atoms with Crippen molar-refractivity contribution in [2.24, 2.45) is 0 Å². The largest absolute Gasteiger partial charge is 0.395 e. The Hall–Kier alpha value is -1.39. The lowest BCUT2D eigenvalue weighted by Gasteiger charge is -2.23. The van der Waals surface area contributed by atoms with Crippen molar-refractivity contribution in [2.75, 3.05) is 19.7 Å². The monoisotopic (exact) mass is 290 g/mol. The fourth-order valence-corrected chi connectivity index (χ4v) is 2.90. The van der Waals surface area contributed by atoms with Crippen LogP contribution in [0.4, 0.5) is 0 Å². The van der Waals surface area contributed by atoms with E-state index in [4.69, 9.17) is 0 Å². The van der Waals surface area contributed by atoms with Gasteiger partial charge in [-0.1, -0.05) is 18.2 Å². The summed E-state index contributed by atoms with van der Waals surface area (Å²) in [6.07, 6.45) is 2.04. The molecule has 2 atom stereocenters. The molecular formula is C17H26N2O2. The van der Waals surface area contributed by atoms with Crippen LogP contribution in [0.25, 0.3) is 0 Å². The summed E-state index contributed by atoms with van der Waals surface area (Å²) in [5.74, 6) is 0.0288. The van der Waals surface area contributed by atoms with Crippen LogP contribution >= 0.6 is 0 Å². The van der Waals surface area contributed by atoms with Crippen LogP contribution in [0.3, 0.4) is 0 Å². The topological polar surface area (TPSA) is 52.6 Å². The summed E-state index contributed by atoms with van der Waals surface area (Å²) in [6.45, 7) is 7.60. The zero-order chi connectivity index (χ0) is 15.4. The Balaban J connectivity index is 1.91. The van der Waals surface area contributed by atoms with Gasteiger partial charge in [0.25, 0.3) is 0 Å². The molecule has 0 aliphatic carbocycles. The van der Waals surface area contributed by atoms with E-state index in [1.54, 1.807) is 0 Å². The molecule has 1 saturated heterocycles. The number of nitrogens with one attached hydrogen (secondary N) is 1. The van der Waals surface area contributed by atoms with Gasteiger partial charge >= 0.3 is 0 Å². The number of rotatable bonds is 5. The minimum atomic E-state index is 0.00646. The molecule has 1 fully saturated rings. The number of carbonyl (C=O) groups is 1. The fourth-order valence-electron chi connectivity index (χ4n) is 2.90. The van der Waals surface area contributed by atoms with E-state index in [-0.39, 0.29) is 24.6 Å². The summed E-state index contributed by atoms with van der Waals surface area (Å²) in [7, 11) is 0. The first-order valence-corrected chi connectivity index (χ1v) is 7.72. The Bertz CT molecular complexity index is 502. The summed E-state index contributed by atoms with van der Waals surface area (Å²) in [5, 5.41) is 12.3. The molecule has 1 amide bonds. The highest BCUT2D eigenvalue weighted by atomic mass is 16.3. The predicted octanol–water partition coefficient (Wildman–Crippen LogP) is 1.94. The quantitative estimate of drug-likeness (QED) is 0.871. The van der Waals surface area contributed by atoms with Crippen molar-refractivity contribution in [3.63, 3.8) is 0 Å². The van der Waals surface area contributed by atoms with E-state index in [1.165, 1.54) is 11.1 Å². The molecule has 1 aliphatic rings. The number of likely N-dealkylation sites (tertiary alicyclic amines) is 1. The highest BCUT2D eigenvalue weighted by molar-refractivity contribution is 5.78. The lowest BCUT2D eigenvalue weighted by molar-refractivity contribution is -0.123. The standard InChI is InChI=1S/C17H26N2O2/c1-12-6-7-15(9-13(12)2)14(3)18-17(21)10-19-8-4-5-16(19)11-20/h6-7,9,14,16,20H,4-5,8,10-11H2,1-3H3,(H,18,21)/t14-,16-/m1/s1. The molecule has 0 radical (unpaired) electrons. The van der Waals surface area contributed by atoms with Crippen molar-refractivity contribution >= 4 is 5.91 Å². The van der Waals surface area contributed by atoms with Crippen LogP contribution in [0.1, 0.15) is 42.5 Å². The van der Waals surface area contributed by atoms with Gasteiger partial charge in [-0.25, -0.2) is 0 Å². The molecule has 0 bridgehead atoms. The number of hydrogen-bond acceptors (Lipinski definition) is 3. The fraction of sp³-hybridized carbons (Fsp3) is 0.588. The van der Waals surface area contributed by atoms with Crippen molar-refractivity contribution in [1.29, 1.82) is 0 Å². The summed E-state index contributed by atoms with van der Waals surface area (Å²) >= 11 is 0. The first kappa shape index (κ1) is 16.0. The van der Waals surface area contributed by atoms with Crippen LogP contribution in [0.15, 0.2) is 18.2 Å². The zero-order valence-electron chi connectivity index (χ0n) is 13.2. The molecule has 1 aromatic rings. The van der Waals surface area contributed by atoms with E-state index in [1.807, 2.05) is 6.92 Å². The Morgan fingerprint density at radius 3 is 2.86 bits per heavy atom. The molecule has 116 valence electrons. The molecule has 2 N–H and O–H groups in total. The van der Waals surface area contributed by atoms with Crippen molar-refractivity contribution in [1.82, 2.24) is 10.2 Å². The highest BCUT2D eigenvalue weighted by Crippen LogP contribution is 2.18. The van der Waals surface area contributed by atoms with Crippen molar-refractivity contribution in [3.8, 4) is 0 Å². The van der Waals surface area contributed by atoms with Gasteiger partial charge in [-0.15, -0.1) is 0 Å². The van der Waals surface area contributed by atoms with E-state index in [0.717, 1.165) is 24.9 Å². The third kappa shape index (κ3) is 4.05. The molecule has 0 spiro atoms. The van der Waals surface area contributed by atoms with Crippen LogP contribution in [0.5, 0.6) is 0 Å². The van der Waals surface area contributed by atoms with E-state index in [9.17, 15) is 9.90 Å². The van der Waals surface area contributed by atoms with Gasteiger partial charge in [0.2, 0.25) is 5.91 Å². The molecule has 1 aromatic carbocycles. The maximum Gasteiger partial charge on any atom is 0.234 e. The van der Waals surface area contributed by atoms with Gasteiger partial charge in [-0.2, -0.15) is 0 Å². The second-order valence-corrected chi connectivity index (χ2v) is 6.08. The molecule has 2 rings (SSSR count). The Kier molecular flexibility index (Phi) is 5.37. The van der Waals surface area contributed by atoms with Crippen molar-refractivity contribution in [3.05, 3.63) is 34.9 Å². The Morgan fingerprint density at radius 2 is 2.19 bits per heavy atom. The molecule has 4 nitrogen and oxygen atoms in total. The molecule has 0 unspecified atom stereocenters. The number of amides is 1. The zero-order valence-corrected chi connectivity index (χ0v) is 13.2. The minimum absolute atomic E-state index is 0.00646. The number of benzene rings is 1. The van der Waals surface area contributed by atoms with Crippen LogP contribution in [-0.4, -0.2) is 41.7 Å². The summed E-state index contributed by atoms with van der Waals surface area (Å²) in [4.78, 5) is 14.2. The molecule has 0 saturated carbocycles. The maximum absolute atomic E-state index is 12.2. The van der Waals surface area contributed by atoms with Gasteiger partial charge in [-0.05, 0) is 56.8 Å². The SMILES string of the molecule is Cc1ccc([C@@H](C)NC(=O)CN2CCC[C@@H]2CO)cc1C. The number of aliphatic hydroxyl groups excluding tert-OH is 1. The second kappa shape index (κ2) is 7.05. The maximum atomic E-state index is 12.2. The van der Waals surface area contributed by atoms with Crippen molar-refractivity contribution in [2.45, 2.75) is 45.7 Å². The molecule has 1 heterocycles. The number of aliphatic hydroxyl groups is 1. The van der Waals surface area contributed by atoms with Gasteiger partial charge < -0.3 is 10.4 Å². The lowest BCUT2D eigenvalue weighted by atomic mass is 10.0. The van der Waals surface area contributed by atoms with Crippen LogP contribution < -0.4 is 5.32 Å². The minimum Gasteiger partial charge on any atom is -0.395 e. The van der Waals surface area contributed by atoms with E-state index in [0.29, 0.717) is 6.54 Å². The smallest absolute Gasteiger partial charge is 0.234 e.